The molecule has 0 bridgehead atoms. The molecule has 1 nitrogen and oxygen atoms in total. The maximum atomic E-state index is 13.2. The fraction of sp³-hybridized carbons (Fsp3) is 0.200. The second kappa shape index (κ2) is 4.53. The largest absolute Gasteiger partial charge is 0.324 e. The zero-order chi connectivity index (χ0) is 10.7. The lowest BCUT2D eigenvalue weighted by Gasteiger charge is -2.11. The predicted octanol–water partition coefficient (Wildman–Crippen LogP) is 3.19. The highest BCUT2D eigenvalue weighted by atomic mass is 35.5. The van der Waals surface area contributed by atoms with Gasteiger partial charge in [0.1, 0.15) is 11.6 Å². The van der Waals surface area contributed by atoms with E-state index in [4.69, 9.17) is 17.3 Å². The average Bonchev–Trinajstić information content (AvgIpc) is 2.11. The fourth-order valence-electron chi connectivity index (χ4n) is 1.13. The number of hydrogen-bond acceptors (Lipinski definition) is 1. The smallest absolute Gasteiger partial charge is 0.142 e. The summed E-state index contributed by atoms with van der Waals surface area (Å²) >= 11 is 5.39. The Morgan fingerprint density at radius 3 is 2.64 bits per heavy atom. The number of benzene rings is 1. The zero-order valence-electron chi connectivity index (χ0n) is 7.43. The van der Waals surface area contributed by atoms with Crippen LogP contribution < -0.4 is 5.73 Å². The summed E-state index contributed by atoms with van der Waals surface area (Å²) in [6, 6.07) is 1.36. The maximum Gasteiger partial charge on any atom is 0.142 e. The van der Waals surface area contributed by atoms with Crippen molar-refractivity contribution in [2.75, 3.05) is 0 Å². The summed E-state index contributed by atoms with van der Waals surface area (Å²) in [5.41, 5.74) is 5.72. The van der Waals surface area contributed by atoms with E-state index >= 15 is 0 Å². The molecule has 2 N–H and O–H groups in total. The van der Waals surface area contributed by atoms with E-state index in [0.717, 1.165) is 12.1 Å². The topological polar surface area (TPSA) is 26.0 Å². The Kier molecular flexibility index (Phi) is 3.61. The molecule has 0 heterocycles. The van der Waals surface area contributed by atoms with Gasteiger partial charge in [0, 0.05) is 11.6 Å². The van der Waals surface area contributed by atoms with Crippen molar-refractivity contribution in [3.8, 4) is 0 Å². The van der Waals surface area contributed by atoms with Crippen LogP contribution in [0.5, 0.6) is 0 Å². The molecule has 1 rings (SSSR count). The lowest BCUT2D eigenvalue weighted by molar-refractivity contribution is 0.564. The molecule has 0 spiro atoms. The molecule has 0 radical (unpaired) electrons. The van der Waals surface area contributed by atoms with E-state index in [9.17, 15) is 8.78 Å². The van der Waals surface area contributed by atoms with Crippen molar-refractivity contribution in [1.82, 2.24) is 0 Å². The van der Waals surface area contributed by atoms with Crippen LogP contribution in [0.25, 0.3) is 0 Å². The van der Waals surface area contributed by atoms with Crippen LogP contribution in [-0.2, 0) is 0 Å². The molecule has 0 fully saturated rings. The Morgan fingerprint density at radius 2 is 2.07 bits per heavy atom. The quantitative estimate of drug-likeness (QED) is 0.611. The van der Waals surface area contributed by atoms with Crippen molar-refractivity contribution < 1.29 is 8.78 Å². The van der Waals surface area contributed by atoms with E-state index in [1.807, 2.05) is 0 Å². The van der Waals surface area contributed by atoms with Gasteiger partial charge in [-0.05, 0) is 18.6 Å². The minimum absolute atomic E-state index is 0.117. The molecular formula is C10H10ClF2N. The van der Waals surface area contributed by atoms with Crippen LogP contribution in [0.15, 0.2) is 24.8 Å². The molecule has 0 amide bonds. The molecule has 0 saturated carbocycles. The van der Waals surface area contributed by atoms with Gasteiger partial charge in [-0.1, -0.05) is 17.7 Å². The first-order valence-electron chi connectivity index (χ1n) is 4.07. The summed E-state index contributed by atoms with van der Waals surface area (Å²) in [4.78, 5) is 0. The molecule has 1 aromatic carbocycles. The molecule has 4 heteroatoms. The minimum atomic E-state index is -0.664. The number of hydrogen-bond donors (Lipinski definition) is 1. The van der Waals surface area contributed by atoms with Crippen LogP contribution in [0.1, 0.15) is 18.0 Å². The van der Waals surface area contributed by atoms with Crippen molar-refractivity contribution in [1.29, 1.82) is 0 Å². The molecule has 0 saturated heterocycles. The molecule has 0 aliphatic heterocycles. The highest BCUT2D eigenvalue weighted by Gasteiger charge is 2.13. The number of rotatable bonds is 3. The van der Waals surface area contributed by atoms with Crippen LogP contribution in [0.3, 0.4) is 0 Å². The van der Waals surface area contributed by atoms with Crippen LogP contribution in [0.2, 0.25) is 5.02 Å². The Hall–Kier alpha value is -0.930. The molecule has 0 unspecified atom stereocenters. The second-order valence-corrected chi connectivity index (χ2v) is 3.33. The molecule has 0 aliphatic carbocycles. The van der Waals surface area contributed by atoms with Crippen LogP contribution in [0, 0.1) is 11.6 Å². The standard InChI is InChI=1S/C10H10ClF2N/c1-2-3-10(14)6-4-9(13)7(11)5-8(6)12/h2,4-5,10H,1,3,14H2/t10-/m0/s1. The average molecular weight is 218 g/mol. The summed E-state index contributed by atoms with van der Waals surface area (Å²) in [5, 5.41) is -0.239. The number of halogens is 3. The van der Waals surface area contributed by atoms with Gasteiger partial charge in [0.05, 0.1) is 5.02 Å². The first-order chi connectivity index (χ1) is 6.56. The van der Waals surface area contributed by atoms with E-state index in [-0.39, 0.29) is 10.6 Å². The Labute approximate surface area is 86.2 Å². The SMILES string of the molecule is C=CC[C@H](N)c1cc(F)c(Cl)cc1F. The molecule has 76 valence electrons. The summed E-state index contributed by atoms with van der Waals surface area (Å²) < 4.78 is 26.2. The van der Waals surface area contributed by atoms with Crippen molar-refractivity contribution in [3.05, 3.63) is 47.0 Å². The molecule has 14 heavy (non-hydrogen) atoms. The number of nitrogens with two attached hydrogens (primary N) is 1. The van der Waals surface area contributed by atoms with E-state index in [1.165, 1.54) is 0 Å². The summed E-state index contributed by atoms with van der Waals surface area (Å²) in [6.07, 6.45) is 1.94. The first-order valence-corrected chi connectivity index (χ1v) is 4.45. The van der Waals surface area contributed by atoms with E-state index in [1.54, 1.807) is 6.08 Å². The third kappa shape index (κ3) is 2.30. The Balaban J connectivity index is 3.08. The van der Waals surface area contributed by atoms with Crippen molar-refractivity contribution in [2.24, 2.45) is 5.73 Å². The van der Waals surface area contributed by atoms with Gasteiger partial charge in [-0.15, -0.1) is 6.58 Å². The maximum absolute atomic E-state index is 13.2. The third-order valence-electron chi connectivity index (χ3n) is 1.86. The highest BCUT2D eigenvalue weighted by Crippen LogP contribution is 2.24. The van der Waals surface area contributed by atoms with Crippen molar-refractivity contribution in [3.63, 3.8) is 0 Å². The normalized spacial score (nSPS) is 12.6. The van der Waals surface area contributed by atoms with Gasteiger partial charge in [-0.25, -0.2) is 8.78 Å². The van der Waals surface area contributed by atoms with Crippen LogP contribution >= 0.6 is 11.6 Å². The Bertz CT molecular complexity index is 352. The fourth-order valence-corrected chi connectivity index (χ4v) is 1.28. The van der Waals surface area contributed by atoms with Gasteiger partial charge in [-0.2, -0.15) is 0 Å². The van der Waals surface area contributed by atoms with E-state index in [0.29, 0.717) is 6.42 Å². The minimum Gasteiger partial charge on any atom is -0.324 e. The Morgan fingerprint density at radius 1 is 1.43 bits per heavy atom. The van der Waals surface area contributed by atoms with Gasteiger partial charge in [-0.3, -0.25) is 0 Å². The predicted molar refractivity (Wildman–Crippen MR) is 53.1 cm³/mol. The molecule has 1 aromatic rings. The zero-order valence-corrected chi connectivity index (χ0v) is 8.19. The van der Waals surface area contributed by atoms with E-state index < -0.39 is 17.7 Å². The van der Waals surface area contributed by atoms with Gasteiger partial charge >= 0.3 is 0 Å². The monoisotopic (exact) mass is 217 g/mol. The molecular weight excluding hydrogens is 208 g/mol. The lowest BCUT2D eigenvalue weighted by Crippen LogP contribution is -2.11. The van der Waals surface area contributed by atoms with Gasteiger partial charge in [0.25, 0.3) is 0 Å². The molecule has 1 atom stereocenters. The van der Waals surface area contributed by atoms with Crippen LogP contribution in [0.4, 0.5) is 8.78 Å². The molecule has 0 aromatic heterocycles. The van der Waals surface area contributed by atoms with Crippen molar-refractivity contribution in [2.45, 2.75) is 12.5 Å². The van der Waals surface area contributed by atoms with Crippen LogP contribution in [-0.4, -0.2) is 0 Å². The summed E-state index contributed by atoms with van der Waals surface area (Å²) in [6.45, 7) is 3.47. The highest BCUT2D eigenvalue weighted by molar-refractivity contribution is 6.30. The second-order valence-electron chi connectivity index (χ2n) is 2.92. The van der Waals surface area contributed by atoms with Gasteiger partial charge in [0.2, 0.25) is 0 Å². The summed E-state index contributed by atoms with van der Waals surface area (Å²) in [7, 11) is 0. The van der Waals surface area contributed by atoms with Crippen molar-refractivity contribution >= 4 is 11.6 Å². The van der Waals surface area contributed by atoms with Gasteiger partial charge < -0.3 is 5.73 Å². The lowest BCUT2D eigenvalue weighted by atomic mass is 10.0. The molecule has 0 aliphatic rings. The first kappa shape index (κ1) is 11.1. The summed E-state index contributed by atoms with van der Waals surface area (Å²) in [5.74, 6) is -1.26. The third-order valence-corrected chi connectivity index (χ3v) is 2.15. The van der Waals surface area contributed by atoms with Gasteiger partial charge in [0.15, 0.2) is 0 Å². The van der Waals surface area contributed by atoms with E-state index in [2.05, 4.69) is 6.58 Å².